The first-order valence-corrected chi connectivity index (χ1v) is 7.39. The molecule has 1 aromatic heterocycles. The lowest BCUT2D eigenvalue weighted by atomic mass is 10.4. The summed E-state index contributed by atoms with van der Waals surface area (Å²) in [6.07, 6.45) is 1.96. The molecule has 1 heterocycles. The Hall–Kier alpha value is -1.77. The maximum atomic E-state index is 11.6. The molecule has 8 nitrogen and oxygen atoms in total. The standard InChI is InChI=1S/C11H18N6O2S/c1-6(2)17-9(12)15-16-11(17)20-5-8(18)14-10(19)13-7-3-4-7/h6-7H,3-5H2,1-2H3,(H2,12,15)(H2,13,14,18,19). The molecule has 0 saturated heterocycles. The minimum atomic E-state index is -0.442. The molecule has 0 unspecified atom stereocenters. The van der Waals surface area contributed by atoms with E-state index in [1.165, 1.54) is 11.8 Å². The van der Waals surface area contributed by atoms with E-state index in [0.29, 0.717) is 11.1 Å². The number of hydrogen-bond donors (Lipinski definition) is 3. The molecule has 110 valence electrons. The average molecular weight is 298 g/mol. The molecule has 0 radical (unpaired) electrons. The van der Waals surface area contributed by atoms with Gasteiger partial charge in [-0.25, -0.2) is 4.79 Å². The van der Waals surface area contributed by atoms with Crippen LogP contribution in [0, 0.1) is 0 Å². The number of nitrogen functional groups attached to an aromatic ring is 1. The molecular formula is C11H18N6O2S. The normalized spacial score (nSPS) is 14.3. The highest BCUT2D eigenvalue weighted by Crippen LogP contribution is 2.22. The summed E-state index contributed by atoms with van der Waals surface area (Å²) < 4.78 is 1.74. The lowest BCUT2D eigenvalue weighted by Crippen LogP contribution is -2.41. The second-order valence-electron chi connectivity index (χ2n) is 4.89. The van der Waals surface area contributed by atoms with Gasteiger partial charge in [0.05, 0.1) is 5.75 Å². The van der Waals surface area contributed by atoms with Crippen LogP contribution < -0.4 is 16.4 Å². The number of carbonyl (C=O) groups excluding carboxylic acids is 2. The minimum Gasteiger partial charge on any atom is -0.368 e. The van der Waals surface area contributed by atoms with Crippen molar-refractivity contribution in [1.82, 2.24) is 25.4 Å². The van der Waals surface area contributed by atoms with E-state index in [4.69, 9.17) is 5.73 Å². The molecular weight excluding hydrogens is 280 g/mol. The highest BCUT2D eigenvalue weighted by atomic mass is 32.2. The average Bonchev–Trinajstić information content (AvgIpc) is 3.07. The van der Waals surface area contributed by atoms with Crippen molar-refractivity contribution in [2.45, 2.75) is 43.9 Å². The van der Waals surface area contributed by atoms with Gasteiger partial charge in [-0.1, -0.05) is 11.8 Å². The predicted molar refractivity (Wildman–Crippen MR) is 75.2 cm³/mol. The van der Waals surface area contributed by atoms with E-state index in [9.17, 15) is 9.59 Å². The second-order valence-corrected chi connectivity index (χ2v) is 5.83. The molecule has 4 N–H and O–H groups in total. The lowest BCUT2D eigenvalue weighted by Gasteiger charge is -2.11. The number of thioether (sulfide) groups is 1. The largest absolute Gasteiger partial charge is 0.368 e. The van der Waals surface area contributed by atoms with Gasteiger partial charge in [0.1, 0.15) is 0 Å². The topological polar surface area (TPSA) is 115 Å². The van der Waals surface area contributed by atoms with Gasteiger partial charge in [0.25, 0.3) is 0 Å². The predicted octanol–water partition coefficient (Wildman–Crippen LogP) is 0.522. The Balaban J connectivity index is 1.82. The van der Waals surface area contributed by atoms with Crippen LogP contribution in [-0.4, -0.2) is 38.5 Å². The number of nitrogens with zero attached hydrogens (tertiary/aromatic N) is 3. The number of carbonyl (C=O) groups is 2. The van der Waals surface area contributed by atoms with Crippen LogP contribution in [0.25, 0.3) is 0 Å². The maximum Gasteiger partial charge on any atom is 0.321 e. The number of nitrogens with one attached hydrogen (secondary N) is 2. The molecule has 0 spiro atoms. The molecule has 0 bridgehead atoms. The molecule has 0 atom stereocenters. The Morgan fingerprint density at radius 3 is 2.75 bits per heavy atom. The van der Waals surface area contributed by atoms with Crippen molar-refractivity contribution < 1.29 is 9.59 Å². The van der Waals surface area contributed by atoms with E-state index in [1.807, 2.05) is 13.8 Å². The highest BCUT2D eigenvalue weighted by Gasteiger charge is 2.24. The first kappa shape index (κ1) is 14.6. The van der Waals surface area contributed by atoms with Crippen molar-refractivity contribution in [3.05, 3.63) is 0 Å². The maximum absolute atomic E-state index is 11.6. The summed E-state index contributed by atoms with van der Waals surface area (Å²) in [5, 5.41) is 13.2. The molecule has 0 aliphatic heterocycles. The summed E-state index contributed by atoms with van der Waals surface area (Å²) in [5.41, 5.74) is 5.70. The summed E-state index contributed by atoms with van der Waals surface area (Å²) in [6, 6.07) is -0.115. The summed E-state index contributed by atoms with van der Waals surface area (Å²) in [5.74, 6) is 0.0302. The van der Waals surface area contributed by atoms with Crippen LogP contribution in [0.4, 0.5) is 10.7 Å². The third kappa shape index (κ3) is 3.86. The summed E-state index contributed by atoms with van der Waals surface area (Å²) in [7, 11) is 0. The zero-order valence-corrected chi connectivity index (χ0v) is 12.2. The van der Waals surface area contributed by atoms with Gasteiger partial charge in [-0.05, 0) is 26.7 Å². The molecule has 20 heavy (non-hydrogen) atoms. The van der Waals surface area contributed by atoms with E-state index >= 15 is 0 Å². The van der Waals surface area contributed by atoms with Crippen LogP contribution >= 0.6 is 11.8 Å². The Labute approximate surface area is 120 Å². The fourth-order valence-electron chi connectivity index (χ4n) is 1.61. The number of imide groups is 1. The van der Waals surface area contributed by atoms with Crippen LogP contribution in [0.15, 0.2) is 5.16 Å². The van der Waals surface area contributed by atoms with Crippen molar-refractivity contribution in [3.63, 3.8) is 0 Å². The van der Waals surface area contributed by atoms with E-state index < -0.39 is 6.03 Å². The molecule has 2 rings (SSSR count). The van der Waals surface area contributed by atoms with Crippen LogP contribution in [0.5, 0.6) is 0 Å². The molecule has 1 aliphatic carbocycles. The molecule has 1 aromatic rings. The van der Waals surface area contributed by atoms with Crippen molar-refractivity contribution in [1.29, 1.82) is 0 Å². The Bertz CT molecular complexity index is 511. The fraction of sp³-hybridized carbons (Fsp3) is 0.636. The SMILES string of the molecule is CC(C)n1c(N)nnc1SCC(=O)NC(=O)NC1CC1. The first-order valence-electron chi connectivity index (χ1n) is 6.41. The number of aromatic nitrogens is 3. The third-order valence-electron chi connectivity index (χ3n) is 2.71. The van der Waals surface area contributed by atoms with Crippen molar-refractivity contribution in [3.8, 4) is 0 Å². The highest BCUT2D eigenvalue weighted by molar-refractivity contribution is 7.99. The third-order valence-corrected chi connectivity index (χ3v) is 3.65. The Morgan fingerprint density at radius 1 is 1.45 bits per heavy atom. The summed E-state index contributed by atoms with van der Waals surface area (Å²) in [4.78, 5) is 23.0. The Morgan fingerprint density at radius 2 is 2.15 bits per heavy atom. The quantitative estimate of drug-likeness (QED) is 0.683. The van der Waals surface area contributed by atoms with Crippen molar-refractivity contribution in [2.75, 3.05) is 11.5 Å². The van der Waals surface area contributed by atoms with E-state index in [0.717, 1.165) is 12.8 Å². The molecule has 1 saturated carbocycles. The van der Waals surface area contributed by atoms with Crippen molar-refractivity contribution >= 4 is 29.6 Å². The first-order chi connectivity index (χ1) is 9.47. The van der Waals surface area contributed by atoms with Gasteiger partial charge in [0.15, 0.2) is 5.16 Å². The van der Waals surface area contributed by atoms with Gasteiger partial charge < -0.3 is 11.1 Å². The zero-order valence-electron chi connectivity index (χ0n) is 11.4. The van der Waals surface area contributed by atoms with Gasteiger partial charge in [0.2, 0.25) is 11.9 Å². The second kappa shape index (κ2) is 6.12. The van der Waals surface area contributed by atoms with E-state index in [-0.39, 0.29) is 23.7 Å². The Kier molecular flexibility index (Phi) is 4.48. The van der Waals surface area contributed by atoms with Gasteiger partial charge >= 0.3 is 6.03 Å². The number of anilines is 1. The van der Waals surface area contributed by atoms with Crippen LogP contribution in [-0.2, 0) is 4.79 Å². The molecule has 1 fully saturated rings. The summed E-state index contributed by atoms with van der Waals surface area (Å²) >= 11 is 1.20. The lowest BCUT2D eigenvalue weighted by molar-refractivity contribution is -0.117. The van der Waals surface area contributed by atoms with Crippen molar-refractivity contribution in [2.24, 2.45) is 0 Å². The number of nitrogens with two attached hydrogens (primary N) is 1. The molecule has 9 heteroatoms. The summed E-state index contributed by atoms with van der Waals surface area (Å²) in [6.45, 7) is 3.90. The fourth-order valence-corrected chi connectivity index (χ4v) is 2.49. The van der Waals surface area contributed by atoms with Crippen LogP contribution in [0.2, 0.25) is 0 Å². The van der Waals surface area contributed by atoms with Gasteiger partial charge in [-0.3, -0.25) is 14.7 Å². The minimum absolute atomic E-state index is 0.0862. The molecule has 1 aliphatic rings. The number of rotatable bonds is 5. The zero-order chi connectivity index (χ0) is 14.7. The monoisotopic (exact) mass is 298 g/mol. The number of hydrogen-bond acceptors (Lipinski definition) is 6. The van der Waals surface area contributed by atoms with Crippen LogP contribution in [0.3, 0.4) is 0 Å². The number of amides is 3. The van der Waals surface area contributed by atoms with Gasteiger partial charge in [0, 0.05) is 12.1 Å². The van der Waals surface area contributed by atoms with E-state index in [2.05, 4.69) is 20.8 Å². The van der Waals surface area contributed by atoms with E-state index in [1.54, 1.807) is 4.57 Å². The number of urea groups is 1. The smallest absolute Gasteiger partial charge is 0.321 e. The van der Waals surface area contributed by atoms with Gasteiger partial charge in [-0.15, -0.1) is 10.2 Å². The van der Waals surface area contributed by atoms with Crippen LogP contribution in [0.1, 0.15) is 32.7 Å². The van der Waals surface area contributed by atoms with Gasteiger partial charge in [-0.2, -0.15) is 0 Å². The molecule has 0 aromatic carbocycles. The molecule has 3 amide bonds.